The topological polar surface area (TPSA) is 47.3 Å². The molecule has 0 amide bonds. The highest BCUT2D eigenvalue weighted by Crippen LogP contribution is 2.33. The number of hydrogen-bond donors (Lipinski definition) is 2. The molecule has 0 saturated carbocycles. The molecule has 0 aliphatic rings. The quantitative estimate of drug-likeness (QED) is 0.658. The van der Waals surface area contributed by atoms with Crippen molar-refractivity contribution >= 4 is 22.9 Å². The molecule has 1 unspecified atom stereocenters. The van der Waals surface area contributed by atoms with E-state index in [2.05, 4.69) is 5.43 Å². The second kappa shape index (κ2) is 6.34. The Kier molecular flexibility index (Phi) is 4.76. The van der Waals surface area contributed by atoms with Crippen molar-refractivity contribution in [3.05, 3.63) is 50.9 Å². The monoisotopic (exact) mass is 300 g/mol. The van der Waals surface area contributed by atoms with Gasteiger partial charge in [-0.25, -0.2) is 4.39 Å². The molecular formula is C13H14ClFN2OS. The molecule has 1 aromatic carbocycles. The number of rotatable bonds is 5. The van der Waals surface area contributed by atoms with Crippen LogP contribution in [0.25, 0.3) is 0 Å². The van der Waals surface area contributed by atoms with E-state index in [9.17, 15) is 4.39 Å². The van der Waals surface area contributed by atoms with Crippen molar-refractivity contribution in [3.63, 3.8) is 0 Å². The predicted molar refractivity (Wildman–Crippen MR) is 76.0 cm³/mol. The summed E-state index contributed by atoms with van der Waals surface area (Å²) >= 11 is 7.49. The summed E-state index contributed by atoms with van der Waals surface area (Å²) in [5, 5.41) is 2.06. The highest BCUT2D eigenvalue weighted by Gasteiger charge is 2.19. The van der Waals surface area contributed by atoms with Gasteiger partial charge in [-0.1, -0.05) is 23.7 Å². The van der Waals surface area contributed by atoms with Gasteiger partial charge in [0, 0.05) is 0 Å². The molecule has 0 aliphatic heterocycles. The van der Waals surface area contributed by atoms with Crippen molar-refractivity contribution in [1.29, 1.82) is 0 Å². The van der Waals surface area contributed by atoms with Crippen LogP contribution in [0.2, 0.25) is 5.02 Å². The van der Waals surface area contributed by atoms with Crippen molar-refractivity contribution in [2.45, 2.75) is 12.5 Å². The molecule has 19 heavy (non-hydrogen) atoms. The molecule has 1 aromatic heterocycles. The van der Waals surface area contributed by atoms with Gasteiger partial charge in [-0.2, -0.15) is 0 Å². The summed E-state index contributed by atoms with van der Waals surface area (Å²) in [6.45, 7) is 0. The van der Waals surface area contributed by atoms with Crippen molar-refractivity contribution in [2.75, 3.05) is 7.11 Å². The summed E-state index contributed by atoms with van der Waals surface area (Å²) in [4.78, 5) is 0.963. The molecule has 3 nitrogen and oxygen atoms in total. The summed E-state index contributed by atoms with van der Waals surface area (Å²) in [6, 6.07) is 6.46. The van der Waals surface area contributed by atoms with Crippen LogP contribution in [0.3, 0.4) is 0 Å². The first-order chi connectivity index (χ1) is 9.17. The van der Waals surface area contributed by atoms with Gasteiger partial charge in [-0.15, -0.1) is 11.3 Å². The van der Waals surface area contributed by atoms with E-state index in [-0.39, 0.29) is 11.1 Å². The fourth-order valence-corrected chi connectivity index (χ4v) is 3.01. The van der Waals surface area contributed by atoms with E-state index < -0.39 is 5.82 Å². The average Bonchev–Trinajstić information content (AvgIpc) is 2.88. The molecule has 3 N–H and O–H groups in total. The zero-order chi connectivity index (χ0) is 13.8. The molecule has 2 aromatic rings. The van der Waals surface area contributed by atoms with Crippen LogP contribution in [-0.2, 0) is 6.42 Å². The normalized spacial score (nSPS) is 12.4. The Balaban J connectivity index is 2.27. The van der Waals surface area contributed by atoms with Crippen LogP contribution in [0.5, 0.6) is 5.75 Å². The van der Waals surface area contributed by atoms with Gasteiger partial charge in [-0.3, -0.25) is 11.3 Å². The average molecular weight is 301 g/mol. The second-order valence-corrected chi connectivity index (χ2v) is 5.32. The lowest BCUT2D eigenvalue weighted by Gasteiger charge is -2.17. The first-order valence-electron chi connectivity index (χ1n) is 5.67. The minimum absolute atomic E-state index is 0.137. The highest BCUT2D eigenvalue weighted by molar-refractivity contribution is 7.10. The fourth-order valence-electron chi connectivity index (χ4n) is 1.89. The van der Waals surface area contributed by atoms with Crippen LogP contribution in [0, 0.1) is 5.82 Å². The molecule has 1 heterocycles. The largest absolute Gasteiger partial charge is 0.496 e. The lowest BCUT2D eigenvalue weighted by atomic mass is 10.0. The third-order valence-corrected chi connectivity index (χ3v) is 4.29. The summed E-state index contributed by atoms with van der Waals surface area (Å²) in [5.41, 5.74) is 3.43. The number of methoxy groups -OCH3 is 1. The van der Waals surface area contributed by atoms with Crippen molar-refractivity contribution in [2.24, 2.45) is 5.84 Å². The van der Waals surface area contributed by atoms with Crippen LogP contribution < -0.4 is 16.0 Å². The molecular weight excluding hydrogens is 287 g/mol. The van der Waals surface area contributed by atoms with Crippen molar-refractivity contribution in [3.8, 4) is 5.75 Å². The molecule has 0 aliphatic carbocycles. The zero-order valence-electron chi connectivity index (χ0n) is 10.3. The van der Waals surface area contributed by atoms with Gasteiger partial charge < -0.3 is 4.74 Å². The molecule has 2 rings (SSSR count). The number of benzene rings is 1. The van der Waals surface area contributed by atoms with Gasteiger partial charge in [0.05, 0.1) is 23.1 Å². The summed E-state index contributed by atoms with van der Waals surface area (Å²) in [6.07, 6.45) is 0.490. The van der Waals surface area contributed by atoms with Crippen LogP contribution in [0.1, 0.15) is 16.5 Å². The number of nitrogens with one attached hydrogen (secondary N) is 1. The first-order valence-corrected chi connectivity index (χ1v) is 6.93. The number of ether oxygens (including phenoxy) is 1. The number of hydrogen-bond acceptors (Lipinski definition) is 4. The Bertz CT molecular complexity index is 561. The van der Waals surface area contributed by atoms with E-state index in [0.717, 1.165) is 10.6 Å². The molecule has 0 bridgehead atoms. The van der Waals surface area contributed by atoms with Gasteiger partial charge >= 0.3 is 0 Å². The third kappa shape index (κ3) is 3.06. The number of nitrogens with two attached hydrogens (primary N) is 1. The molecule has 0 fully saturated rings. The van der Waals surface area contributed by atoms with Gasteiger partial charge in [0.2, 0.25) is 0 Å². The van der Waals surface area contributed by atoms with Crippen LogP contribution in [0.15, 0.2) is 29.6 Å². The number of halogens is 2. The van der Waals surface area contributed by atoms with Crippen molar-refractivity contribution in [1.82, 2.24) is 5.43 Å². The SMILES string of the molecule is COc1ccsc1C(Cc1cccc(F)c1Cl)NN. The van der Waals surface area contributed by atoms with E-state index >= 15 is 0 Å². The maximum absolute atomic E-state index is 13.4. The zero-order valence-corrected chi connectivity index (χ0v) is 11.9. The maximum atomic E-state index is 13.4. The maximum Gasteiger partial charge on any atom is 0.142 e. The Morgan fingerprint density at radius 1 is 1.47 bits per heavy atom. The first kappa shape index (κ1) is 14.3. The van der Waals surface area contributed by atoms with Crippen LogP contribution >= 0.6 is 22.9 Å². The molecule has 6 heteroatoms. The van der Waals surface area contributed by atoms with E-state index in [1.165, 1.54) is 17.4 Å². The predicted octanol–water partition coefficient (Wildman–Crippen LogP) is 3.30. The minimum Gasteiger partial charge on any atom is -0.496 e. The Hall–Kier alpha value is -1.14. The van der Waals surface area contributed by atoms with Gasteiger partial charge in [0.1, 0.15) is 11.6 Å². The summed E-state index contributed by atoms with van der Waals surface area (Å²) < 4.78 is 18.7. The molecule has 0 saturated heterocycles. The standard InChI is InChI=1S/C13H14ClFN2OS/c1-18-11-5-6-19-13(11)10(17-16)7-8-3-2-4-9(15)12(8)14/h2-6,10,17H,7,16H2,1H3. The van der Waals surface area contributed by atoms with Gasteiger partial charge in [0.15, 0.2) is 0 Å². The van der Waals surface area contributed by atoms with Gasteiger partial charge in [0.25, 0.3) is 0 Å². The van der Waals surface area contributed by atoms with Gasteiger partial charge in [-0.05, 0) is 29.5 Å². The van der Waals surface area contributed by atoms with E-state index in [0.29, 0.717) is 12.0 Å². The smallest absolute Gasteiger partial charge is 0.142 e. The summed E-state index contributed by atoms with van der Waals surface area (Å²) in [5.74, 6) is 5.93. The van der Waals surface area contributed by atoms with Crippen LogP contribution in [0.4, 0.5) is 4.39 Å². The molecule has 102 valence electrons. The third-order valence-electron chi connectivity index (χ3n) is 2.85. The fraction of sp³-hybridized carbons (Fsp3) is 0.231. The number of hydrazine groups is 1. The Labute approximate surface area is 120 Å². The van der Waals surface area contributed by atoms with E-state index in [4.69, 9.17) is 22.2 Å². The highest BCUT2D eigenvalue weighted by atomic mass is 35.5. The van der Waals surface area contributed by atoms with Crippen molar-refractivity contribution < 1.29 is 9.13 Å². The minimum atomic E-state index is -0.423. The molecule has 1 atom stereocenters. The lowest BCUT2D eigenvalue weighted by Crippen LogP contribution is -2.29. The summed E-state index contributed by atoms with van der Waals surface area (Å²) in [7, 11) is 1.61. The van der Waals surface area contributed by atoms with Crippen LogP contribution in [-0.4, -0.2) is 7.11 Å². The molecule has 0 radical (unpaired) electrons. The second-order valence-electron chi connectivity index (χ2n) is 3.99. The number of thiophene rings is 1. The lowest BCUT2D eigenvalue weighted by molar-refractivity contribution is 0.403. The van der Waals surface area contributed by atoms with E-state index in [1.54, 1.807) is 19.2 Å². The van der Waals surface area contributed by atoms with E-state index in [1.807, 2.05) is 11.4 Å². The Morgan fingerprint density at radius 2 is 2.26 bits per heavy atom. The molecule has 0 spiro atoms. The Morgan fingerprint density at radius 3 is 2.95 bits per heavy atom.